The lowest BCUT2D eigenvalue weighted by Crippen LogP contribution is -2.46. The van der Waals surface area contributed by atoms with E-state index in [-0.39, 0.29) is 67.3 Å². The minimum absolute atomic E-state index is 0.0923. The lowest BCUT2D eigenvalue weighted by molar-refractivity contribution is -0.138. The second-order valence-corrected chi connectivity index (χ2v) is 8.70. The quantitative estimate of drug-likeness (QED) is 0.272. The van der Waals surface area contributed by atoms with Crippen molar-refractivity contribution >= 4 is 46.3 Å². The standard InChI is InChI=1S/C20H24F4N8O4S/c1-12(34)25-9-14(36-11-33)10-26-13-2-3-16(15(21)8-13)31-5-4-27-32(7-6-31)19(35)28-18-30-29-17(37-18)20(22,23)24/h2-3,8,11,14,26-27H,4-7,9-10H2,1H3,(H,25,34)(H,28,30,35)/t14-/m0/s1. The van der Waals surface area contributed by atoms with E-state index in [1.165, 1.54) is 18.0 Å². The van der Waals surface area contributed by atoms with Crippen molar-refractivity contribution in [3.8, 4) is 0 Å². The molecule has 0 aliphatic carbocycles. The summed E-state index contributed by atoms with van der Waals surface area (Å²) < 4.78 is 57.8. The molecule has 3 amide bonds. The summed E-state index contributed by atoms with van der Waals surface area (Å²) in [5, 5.41) is 13.8. The maximum absolute atomic E-state index is 14.9. The van der Waals surface area contributed by atoms with Gasteiger partial charge in [-0.15, -0.1) is 10.2 Å². The molecule has 12 nitrogen and oxygen atoms in total. The highest BCUT2D eigenvalue weighted by molar-refractivity contribution is 7.15. The molecule has 0 radical (unpaired) electrons. The Morgan fingerprint density at radius 2 is 2.03 bits per heavy atom. The Morgan fingerprint density at radius 3 is 2.68 bits per heavy atom. The van der Waals surface area contributed by atoms with Crippen molar-refractivity contribution in [1.29, 1.82) is 0 Å². The van der Waals surface area contributed by atoms with Crippen LogP contribution in [0.15, 0.2) is 18.2 Å². The molecule has 1 aliphatic rings. The number of amides is 3. The predicted octanol–water partition coefficient (Wildman–Crippen LogP) is 1.64. The molecule has 1 aliphatic heterocycles. The lowest BCUT2D eigenvalue weighted by Gasteiger charge is -2.24. The van der Waals surface area contributed by atoms with Crippen LogP contribution in [0.2, 0.25) is 0 Å². The number of ether oxygens (including phenoxy) is 1. The molecule has 17 heteroatoms. The zero-order chi connectivity index (χ0) is 27.0. The van der Waals surface area contributed by atoms with Gasteiger partial charge < -0.3 is 20.3 Å². The van der Waals surface area contributed by atoms with Crippen LogP contribution in [0.1, 0.15) is 11.9 Å². The van der Waals surface area contributed by atoms with Crippen molar-refractivity contribution < 1.29 is 36.7 Å². The highest BCUT2D eigenvalue weighted by Gasteiger charge is 2.36. The summed E-state index contributed by atoms with van der Waals surface area (Å²) in [4.78, 5) is 35.9. The first-order valence-corrected chi connectivity index (χ1v) is 11.7. The first kappa shape index (κ1) is 27.9. The van der Waals surface area contributed by atoms with Gasteiger partial charge in [0, 0.05) is 32.2 Å². The van der Waals surface area contributed by atoms with Crippen LogP contribution in [0.4, 0.5) is 38.9 Å². The van der Waals surface area contributed by atoms with E-state index in [1.54, 1.807) is 17.0 Å². The molecule has 1 aromatic heterocycles. The molecule has 1 saturated heterocycles. The number of nitrogens with one attached hydrogen (secondary N) is 4. The number of anilines is 3. The molecule has 202 valence electrons. The fraction of sp³-hybridized carbons (Fsp3) is 0.450. The molecule has 0 saturated carbocycles. The minimum Gasteiger partial charge on any atom is -0.461 e. The number of alkyl halides is 3. The van der Waals surface area contributed by atoms with Crippen molar-refractivity contribution in [2.45, 2.75) is 19.2 Å². The summed E-state index contributed by atoms with van der Waals surface area (Å²) in [7, 11) is 0. The van der Waals surface area contributed by atoms with Gasteiger partial charge in [0.15, 0.2) is 0 Å². The molecule has 2 aromatic rings. The molecular formula is C20H24F4N8O4S. The number of hydrogen-bond acceptors (Lipinski definition) is 10. The van der Waals surface area contributed by atoms with E-state index in [2.05, 4.69) is 31.6 Å². The van der Waals surface area contributed by atoms with Crippen LogP contribution in [0.5, 0.6) is 0 Å². The van der Waals surface area contributed by atoms with E-state index >= 15 is 0 Å². The van der Waals surface area contributed by atoms with Crippen LogP contribution in [-0.2, 0) is 20.5 Å². The zero-order valence-electron chi connectivity index (χ0n) is 19.5. The number of halogens is 4. The van der Waals surface area contributed by atoms with Crippen LogP contribution < -0.4 is 26.3 Å². The molecule has 0 spiro atoms. The van der Waals surface area contributed by atoms with Gasteiger partial charge in [0.2, 0.25) is 16.0 Å². The maximum Gasteiger partial charge on any atom is 0.445 e. The zero-order valence-corrected chi connectivity index (χ0v) is 20.3. The van der Waals surface area contributed by atoms with Gasteiger partial charge in [-0.1, -0.05) is 11.3 Å². The molecule has 1 atom stereocenters. The Balaban J connectivity index is 1.55. The van der Waals surface area contributed by atoms with E-state index in [1.807, 2.05) is 0 Å². The number of rotatable bonds is 9. The average Bonchev–Trinajstić information content (AvgIpc) is 3.17. The van der Waals surface area contributed by atoms with Gasteiger partial charge in [-0.05, 0) is 18.2 Å². The summed E-state index contributed by atoms with van der Waals surface area (Å²) >= 11 is 0.207. The molecule has 0 bridgehead atoms. The summed E-state index contributed by atoms with van der Waals surface area (Å²) in [6.45, 7) is 2.76. The van der Waals surface area contributed by atoms with E-state index in [9.17, 15) is 31.9 Å². The number of hydrazine groups is 1. The fourth-order valence-electron chi connectivity index (χ4n) is 3.30. The lowest BCUT2D eigenvalue weighted by atomic mass is 10.2. The summed E-state index contributed by atoms with van der Waals surface area (Å²) in [6.07, 6.45) is -5.31. The van der Waals surface area contributed by atoms with Gasteiger partial charge in [0.25, 0.3) is 6.47 Å². The highest BCUT2D eigenvalue weighted by Crippen LogP contribution is 2.33. The van der Waals surface area contributed by atoms with Crippen molar-refractivity contribution in [3.63, 3.8) is 0 Å². The number of hydrogen-bond donors (Lipinski definition) is 4. The number of nitrogens with zero attached hydrogens (tertiary/aromatic N) is 4. The molecule has 4 N–H and O–H groups in total. The van der Waals surface area contributed by atoms with Crippen molar-refractivity contribution in [1.82, 2.24) is 25.9 Å². The molecule has 3 rings (SSSR count). The molecule has 1 aromatic carbocycles. The molecular weight excluding hydrogens is 524 g/mol. The Morgan fingerprint density at radius 1 is 1.24 bits per heavy atom. The summed E-state index contributed by atoms with van der Waals surface area (Å²) in [5.74, 6) is -0.820. The second kappa shape index (κ2) is 12.5. The average molecular weight is 549 g/mol. The highest BCUT2D eigenvalue weighted by atomic mass is 32.1. The Hall–Kier alpha value is -3.73. The summed E-state index contributed by atoms with van der Waals surface area (Å²) in [6, 6.07) is 3.72. The predicted molar refractivity (Wildman–Crippen MR) is 125 cm³/mol. The third-order valence-corrected chi connectivity index (χ3v) is 5.94. The number of carbonyl (C=O) groups excluding carboxylic acids is 3. The first-order valence-electron chi connectivity index (χ1n) is 10.9. The number of urea groups is 1. The van der Waals surface area contributed by atoms with Crippen LogP contribution in [0.25, 0.3) is 0 Å². The minimum atomic E-state index is -4.66. The Labute approximate surface area is 212 Å². The van der Waals surface area contributed by atoms with Crippen molar-refractivity contribution in [2.24, 2.45) is 0 Å². The molecule has 1 fully saturated rings. The van der Waals surface area contributed by atoms with Gasteiger partial charge in [-0.25, -0.2) is 14.6 Å². The largest absolute Gasteiger partial charge is 0.461 e. The van der Waals surface area contributed by atoms with Gasteiger partial charge in [-0.3, -0.25) is 19.9 Å². The molecule has 2 heterocycles. The van der Waals surface area contributed by atoms with Crippen molar-refractivity contribution in [2.75, 3.05) is 54.8 Å². The monoisotopic (exact) mass is 548 g/mol. The van der Waals surface area contributed by atoms with Gasteiger partial charge in [-0.2, -0.15) is 13.2 Å². The van der Waals surface area contributed by atoms with E-state index in [0.717, 1.165) is 0 Å². The van der Waals surface area contributed by atoms with E-state index < -0.39 is 29.1 Å². The van der Waals surface area contributed by atoms with Crippen LogP contribution in [-0.4, -0.2) is 79.0 Å². The number of benzene rings is 1. The fourth-order valence-corrected chi connectivity index (χ4v) is 3.90. The third kappa shape index (κ3) is 8.14. The smallest absolute Gasteiger partial charge is 0.445 e. The third-order valence-electron chi connectivity index (χ3n) is 5.05. The normalized spacial score (nSPS) is 14.9. The van der Waals surface area contributed by atoms with Crippen LogP contribution >= 0.6 is 11.3 Å². The van der Waals surface area contributed by atoms with Crippen molar-refractivity contribution in [3.05, 3.63) is 29.0 Å². The number of aromatic nitrogens is 2. The number of carbonyl (C=O) groups is 3. The van der Waals surface area contributed by atoms with Crippen LogP contribution in [0.3, 0.4) is 0 Å². The topological polar surface area (TPSA) is 141 Å². The summed E-state index contributed by atoms with van der Waals surface area (Å²) in [5.41, 5.74) is 3.55. The SMILES string of the molecule is CC(=O)NC[C@@H](CNc1ccc(N2CCNN(C(=O)Nc3nnc(C(F)(F)F)s3)CC2)c(F)c1)OC=O. The second-order valence-electron chi connectivity index (χ2n) is 7.73. The van der Waals surface area contributed by atoms with Gasteiger partial charge in [0.1, 0.15) is 11.9 Å². The van der Waals surface area contributed by atoms with E-state index in [4.69, 9.17) is 4.74 Å². The first-order chi connectivity index (χ1) is 17.6. The van der Waals surface area contributed by atoms with Gasteiger partial charge in [0.05, 0.1) is 25.3 Å². The Kier molecular flexibility index (Phi) is 9.40. The molecule has 37 heavy (non-hydrogen) atoms. The van der Waals surface area contributed by atoms with E-state index in [0.29, 0.717) is 12.2 Å². The maximum atomic E-state index is 14.9. The van der Waals surface area contributed by atoms with Gasteiger partial charge >= 0.3 is 12.2 Å². The van der Waals surface area contributed by atoms with Crippen LogP contribution in [0, 0.1) is 5.82 Å². The Bertz CT molecular complexity index is 1100. The molecule has 0 unspecified atom stereocenters.